The summed E-state index contributed by atoms with van der Waals surface area (Å²) < 4.78 is 71.0. The van der Waals surface area contributed by atoms with Crippen molar-refractivity contribution < 1.29 is 110 Å². The van der Waals surface area contributed by atoms with E-state index in [1.807, 2.05) is 0 Å². The standard InChI is InChI=1S/C74H98FN11O23/c1-3-74(99)54-38-59-69-52(44-86(59)72(97)53(54)45-109-73(74)98)51(68-50-14-10-13-49(50)55(75)39-57(68)84-69)40-77-65(92)46-108-47-81-63(90)42-80-71(96)58(37-48-11-6-4-7-12-48)83-64(91)43-79-62(89)41-78-60(87)17-16-56(82-61(88)15-8-5-9-21-85-66(93)18-19-67(85)94)70(95)76-20-22-101-25-26-103-29-30-105-33-34-107-36-35-106-32-31-104-28-27-102-24-23-100-2/h4,6-7,11-12,18-19,38-39,56,58,99H,3,5,8-10,13-17,20-37,40-47H2,1-2H3,(H,76,95)(H,77,92)(H,78,87)(H,79,89)(H,80,96)(H,81,90)(H,82,88)(H,83,91)/t56-,58-,74-/m0/s1. The average Bonchev–Trinajstić information content (AvgIpc) is 1.59. The summed E-state index contributed by atoms with van der Waals surface area (Å²) in [5, 5.41) is 32.5. The number of unbranched alkanes of at least 4 members (excludes halogenated alkanes) is 2. The van der Waals surface area contributed by atoms with Gasteiger partial charge < -0.3 is 99.6 Å². The minimum Gasteiger partial charge on any atom is -0.458 e. The maximum Gasteiger partial charge on any atom is 0.343 e. The van der Waals surface area contributed by atoms with Crippen molar-refractivity contribution in [3.63, 3.8) is 0 Å². The number of ether oxygens (including phenoxy) is 10. The van der Waals surface area contributed by atoms with Crippen molar-refractivity contribution in [1.82, 2.24) is 57.0 Å². The lowest BCUT2D eigenvalue weighted by atomic mass is 9.86. The number of aryl methyl sites for hydroxylation is 1. The molecule has 109 heavy (non-hydrogen) atoms. The van der Waals surface area contributed by atoms with E-state index in [-0.39, 0.29) is 95.8 Å². The first-order valence-electron chi connectivity index (χ1n) is 36.5. The first-order valence-corrected chi connectivity index (χ1v) is 36.5. The van der Waals surface area contributed by atoms with Gasteiger partial charge in [-0.15, -0.1) is 0 Å². The largest absolute Gasteiger partial charge is 0.458 e. The maximum absolute atomic E-state index is 15.6. The minimum absolute atomic E-state index is 0.000118. The Labute approximate surface area is 628 Å². The van der Waals surface area contributed by atoms with Crippen molar-refractivity contribution in [2.75, 3.05) is 152 Å². The minimum atomic E-state index is -2.07. The average molecular weight is 1530 g/mol. The number of carbonyl (C=O) groups excluding carboxylic acids is 11. The number of pyridine rings is 2. The third-order valence-corrected chi connectivity index (χ3v) is 18.1. The summed E-state index contributed by atoms with van der Waals surface area (Å²) in [6.45, 7) is 4.35. The zero-order valence-corrected chi connectivity index (χ0v) is 61.5. The Morgan fingerprint density at radius 1 is 0.606 bits per heavy atom. The van der Waals surface area contributed by atoms with Crippen molar-refractivity contribution in [2.24, 2.45) is 0 Å². The van der Waals surface area contributed by atoms with Gasteiger partial charge in [0.15, 0.2) is 5.60 Å². The van der Waals surface area contributed by atoms with Crippen LogP contribution in [0.25, 0.3) is 22.3 Å². The van der Waals surface area contributed by atoms with Gasteiger partial charge in [0.05, 0.1) is 148 Å². The van der Waals surface area contributed by atoms with Gasteiger partial charge in [-0.05, 0) is 73.3 Å². The number of esters is 1. The second kappa shape index (κ2) is 44.8. The van der Waals surface area contributed by atoms with E-state index in [0.29, 0.717) is 162 Å². The van der Waals surface area contributed by atoms with Crippen LogP contribution in [0.1, 0.15) is 97.2 Å². The number of aromatic nitrogens is 2. The molecule has 3 atom stereocenters. The van der Waals surface area contributed by atoms with E-state index in [4.69, 9.17) is 52.4 Å². The number of rotatable bonds is 52. The van der Waals surface area contributed by atoms with Gasteiger partial charge in [0.1, 0.15) is 37.8 Å². The van der Waals surface area contributed by atoms with Crippen LogP contribution in [0.2, 0.25) is 0 Å². The SMILES string of the molecule is CC[C@@]1(O)C(=O)OCc2c1cc1n(c2=O)Cc2c-1nc1cc(F)c3c(c1c2CNC(=O)COCNC(=O)CNC(=O)[C@H](Cc1ccccc1)NC(=O)CNC(=O)CNC(=O)CC[C@H](NC(=O)CCCCCN1C(=O)C=CC1=O)C(=O)NCCOCCOCCOCCOCCOCCOCCOCCOC)CCC3. The van der Waals surface area contributed by atoms with Crippen LogP contribution >= 0.6 is 0 Å². The van der Waals surface area contributed by atoms with Gasteiger partial charge in [-0.3, -0.25) is 57.6 Å². The molecule has 5 heterocycles. The van der Waals surface area contributed by atoms with Crippen LogP contribution in [0.15, 0.2) is 59.4 Å². The molecule has 4 aliphatic rings. The Morgan fingerprint density at radius 3 is 1.84 bits per heavy atom. The number of benzene rings is 2. The fourth-order valence-corrected chi connectivity index (χ4v) is 12.4. The molecule has 0 fully saturated rings. The molecular formula is C74H98FN11O23. The molecule has 8 rings (SSSR count). The summed E-state index contributed by atoms with van der Waals surface area (Å²) in [7, 11) is 1.61. The Kier molecular flexibility index (Phi) is 35.0. The van der Waals surface area contributed by atoms with Gasteiger partial charge >= 0.3 is 5.97 Å². The molecule has 0 spiro atoms. The Balaban J connectivity index is 0.720. The topological polar surface area (TPSA) is 435 Å². The molecule has 4 aromatic rings. The highest BCUT2D eigenvalue weighted by Crippen LogP contribution is 2.43. The number of amides is 10. The Morgan fingerprint density at radius 2 is 1.19 bits per heavy atom. The number of nitrogens with one attached hydrogen (secondary N) is 8. The van der Waals surface area contributed by atoms with Crippen molar-refractivity contribution in [1.29, 1.82) is 0 Å². The first kappa shape index (κ1) is 85.1. The van der Waals surface area contributed by atoms with Crippen LogP contribution in [0, 0.1) is 5.82 Å². The molecule has 10 amide bonds. The number of aliphatic hydroxyl groups is 1. The third kappa shape index (κ3) is 26.1. The molecule has 1 aliphatic carbocycles. The number of fused-ring (bicyclic) bond motifs is 7. The summed E-state index contributed by atoms with van der Waals surface area (Å²) in [6.07, 6.45) is 4.86. The summed E-state index contributed by atoms with van der Waals surface area (Å²) >= 11 is 0. The van der Waals surface area contributed by atoms with E-state index in [1.54, 1.807) is 50.4 Å². The number of halogens is 1. The Bertz CT molecular complexity index is 3900. The molecule has 0 saturated heterocycles. The first-order chi connectivity index (χ1) is 52.8. The molecular weight excluding hydrogens is 1430 g/mol. The van der Waals surface area contributed by atoms with E-state index in [2.05, 4.69) is 42.5 Å². The molecule has 34 nitrogen and oxygen atoms in total. The van der Waals surface area contributed by atoms with Gasteiger partial charge in [0.25, 0.3) is 17.4 Å². The van der Waals surface area contributed by atoms with E-state index in [9.17, 15) is 62.6 Å². The molecule has 3 aliphatic heterocycles. The second-order valence-corrected chi connectivity index (χ2v) is 25.7. The molecule has 0 radical (unpaired) electrons. The second-order valence-electron chi connectivity index (χ2n) is 25.7. The number of methoxy groups -OCH3 is 1. The van der Waals surface area contributed by atoms with Gasteiger partial charge in [0, 0.05) is 80.7 Å². The van der Waals surface area contributed by atoms with Gasteiger partial charge in [0.2, 0.25) is 47.3 Å². The fraction of sp³-hybridized carbons (Fsp3) is 0.554. The van der Waals surface area contributed by atoms with Crippen LogP contribution < -0.4 is 48.1 Å². The highest BCUT2D eigenvalue weighted by Gasteiger charge is 2.46. The zero-order chi connectivity index (χ0) is 77.9. The van der Waals surface area contributed by atoms with Crippen molar-refractivity contribution in [3.05, 3.63) is 110 Å². The zero-order valence-electron chi connectivity index (χ0n) is 61.5. The highest BCUT2D eigenvalue weighted by atomic mass is 19.1. The van der Waals surface area contributed by atoms with Crippen LogP contribution in [-0.2, 0) is 145 Å². The summed E-state index contributed by atoms with van der Waals surface area (Å²) in [6, 6.07) is 9.08. The van der Waals surface area contributed by atoms with E-state index >= 15 is 4.39 Å². The van der Waals surface area contributed by atoms with Gasteiger partial charge in [-0.2, -0.15) is 0 Å². The van der Waals surface area contributed by atoms with Crippen molar-refractivity contribution in [2.45, 2.75) is 115 Å². The molecule has 0 bridgehead atoms. The van der Waals surface area contributed by atoms with E-state index in [1.165, 1.54) is 22.8 Å². The predicted octanol–water partition coefficient (Wildman–Crippen LogP) is -0.881. The normalized spacial score (nSPS) is 15.2. The van der Waals surface area contributed by atoms with Crippen molar-refractivity contribution in [3.8, 4) is 11.4 Å². The molecule has 594 valence electrons. The maximum atomic E-state index is 15.6. The lowest BCUT2D eigenvalue weighted by molar-refractivity contribution is -0.172. The van der Waals surface area contributed by atoms with Gasteiger partial charge in [-0.25, -0.2) is 14.2 Å². The van der Waals surface area contributed by atoms with Crippen LogP contribution in [0.5, 0.6) is 0 Å². The van der Waals surface area contributed by atoms with Crippen LogP contribution in [0.3, 0.4) is 0 Å². The number of imide groups is 1. The third-order valence-electron chi connectivity index (χ3n) is 18.1. The molecule has 2 aromatic carbocycles. The Hall–Kier alpha value is -9.56. The summed E-state index contributed by atoms with van der Waals surface area (Å²) in [5.41, 5.74) is 1.72. The quantitative estimate of drug-likeness (QED) is 0.00988. The monoisotopic (exact) mass is 1530 g/mol. The predicted molar refractivity (Wildman–Crippen MR) is 385 cm³/mol. The molecule has 9 N–H and O–H groups in total. The number of cyclic esters (lactones) is 1. The number of hydrogen-bond donors (Lipinski definition) is 9. The molecule has 35 heteroatoms. The van der Waals surface area contributed by atoms with E-state index in [0.717, 1.165) is 10.5 Å². The lowest BCUT2D eigenvalue weighted by Crippen LogP contribution is -2.52. The van der Waals surface area contributed by atoms with Crippen molar-refractivity contribution >= 4 is 75.9 Å². The fourth-order valence-electron chi connectivity index (χ4n) is 12.4. The number of nitrogens with zero attached hydrogens (tertiary/aromatic N) is 3. The number of carbonyl (C=O) groups is 11. The lowest BCUT2D eigenvalue weighted by Gasteiger charge is -2.31. The molecule has 0 unspecified atom stereocenters. The number of hydrogen-bond acceptors (Lipinski definition) is 24. The van der Waals surface area contributed by atoms with E-state index < -0.39 is 127 Å². The van der Waals surface area contributed by atoms with Gasteiger partial charge in [-0.1, -0.05) is 43.7 Å². The molecule has 2 aromatic heterocycles. The highest BCUT2D eigenvalue weighted by molar-refractivity contribution is 6.12. The smallest absolute Gasteiger partial charge is 0.343 e. The van der Waals surface area contributed by atoms with Crippen LogP contribution in [0.4, 0.5) is 4.39 Å². The molecule has 0 saturated carbocycles. The summed E-state index contributed by atoms with van der Waals surface area (Å²) in [4.78, 5) is 162. The summed E-state index contributed by atoms with van der Waals surface area (Å²) in [5.74, 6) is -7.55. The van der Waals surface area contributed by atoms with Crippen LogP contribution in [-0.4, -0.2) is 249 Å².